The van der Waals surface area contributed by atoms with Gasteiger partial charge in [-0.2, -0.15) is 0 Å². The van der Waals surface area contributed by atoms with E-state index in [0.29, 0.717) is 18.3 Å². The second-order valence-corrected chi connectivity index (χ2v) is 13.8. The minimum atomic E-state index is -0.673. The summed E-state index contributed by atoms with van der Waals surface area (Å²) in [4.78, 5) is 38.5. The predicted molar refractivity (Wildman–Crippen MR) is 140 cm³/mol. The second kappa shape index (κ2) is 8.84. The number of hydrogen-bond donors (Lipinski definition) is 0. The summed E-state index contributed by atoms with van der Waals surface area (Å²) in [6.45, 7) is 17.1. The lowest BCUT2D eigenvalue weighted by atomic mass is 9.36. The van der Waals surface area contributed by atoms with Gasteiger partial charge in [-0.3, -0.25) is 14.4 Å². The van der Waals surface area contributed by atoms with Crippen LogP contribution >= 0.6 is 0 Å². The quantitative estimate of drug-likeness (QED) is 0.321. The minimum absolute atomic E-state index is 0.0162. The average molecular weight is 499 g/mol. The number of carbonyl (C=O) groups excluding carboxylic acids is 3. The van der Waals surface area contributed by atoms with Crippen molar-refractivity contribution in [3.05, 3.63) is 23.3 Å². The molecule has 1 saturated heterocycles. The summed E-state index contributed by atoms with van der Waals surface area (Å²) in [7, 11) is 1.46. The summed E-state index contributed by atoms with van der Waals surface area (Å²) < 4.78 is 11.4. The number of rotatable bonds is 5. The van der Waals surface area contributed by atoms with Crippen molar-refractivity contribution in [3.63, 3.8) is 0 Å². The van der Waals surface area contributed by atoms with Crippen molar-refractivity contribution in [3.8, 4) is 0 Å². The fraction of sp³-hybridized carbons (Fsp3) is 0.774. The van der Waals surface area contributed by atoms with Crippen LogP contribution in [0.25, 0.3) is 0 Å². The maximum absolute atomic E-state index is 13.1. The molecule has 1 heterocycles. The van der Waals surface area contributed by atoms with Crippen molar-refractivity contribution in [1.29, 1.82) is 0 Å². The third-order valence-electron chi connectivity index (χ3n) is 11.4. The number of carbonyl (C=O) groups is 3. The Labute approximate surface area is 217 Å². The number of allylic oxidation sites excluding steroid dienone is 4. The van der Waals surface area contributed by atoms with Gasteiger partial charge in [0.2, 0.25) is 0 Å². The van der Waals surface area contributed by atoms with Crippen LogP contribution in [-0.4, -0.2) is 30.9 Å². The number of hydrogen-bond acceptors (Lipinski definition) is 5. The molecule has 0 N–H and O–H groups in total. The first-order valence-corrected chi connectivity index (χ1v) is 13.8. The lowest BCUT2D eigenvalue weighted by Crippen LogP contribution is -2.68. The molecule has 0 bridgehead atoms. The highest BCUT2D eigenvalue weighted by Crippen LogP contribution is 2.75. The van der Waals surface area contributed by atoms with Crippen LogP contribution in [0.4, 0.5) is 0 Å². The molecular formula is C31H46O5. The molecule has 3 saturated carbocycles. The van der Waals surface area contributed by atoms with Gasteiger partial charge in [0.25, 0.3) is 0 Å². The van der Waals surface area contributed by atoms with E-state index >= 15 is 0 Å². The van der Waals surface area contributed by atoms with E-state index in [1.54, 1.807) is 6.08 Å². The van der Waals surface area contributed by atoms with Crippen LogP contribution in [0.3, 0.4) is 0 Å². The molecule has 200 valence electrons. The number of fused-ring (bicyclic) bond motifs is 2. The lowest BCUT2D eigenvalue weighted by molar-refractivity contribution is -0.259. The van der Waals surface area contributed by atoms with E-state index < -0.39 is 5.41 Å². The Hall–Kier alpha value is -1.91. The number of methoxy groups -OCH3 is 1. The molecule has 0 spiro atoms. The number of ether oxygens (including phenoxy) is 2. The molecule has 8 atom stereocenters. The number of esters is 2. The van der Waals surface area contributed by atoms with Gasteiger partial charge in [0, 0.05) is 5.92 Å². The molecule has 0 aromatic rings. The summed E-state index contributed by atoms with van der Waals surface area (Å²) in [6.07, 6.45) is 8.63. The van der Waals surface area contributed by atoms with Crippen LogP contribution in [0.1, 0.15) is 93.9 Å². The molecule has 5 nitrogen and oxygen atoms in total. The summed E-state index contributed by atoms with van der Waals surface area (Å²) in [5.74, 6) is 0.642. The Bertz CT molecular complexity index is 1020. The fourth-order valence-corrected chi connectivity index (χ4v) is 9.82. The molecular weight excluding hydrogens is 452 g/mol. The Kier molecular flexibility index (Phi) is 6.66. The topological polar surface area (TPSA) is 69.7 Å². The zero-order valence-electron chi connectivity index (χ0n) is 23.8. The Balaban J connectivity index is 1.75. The highest BCUT2D eigenvalue weighted by molar-refractivity contribution is 6.00. The van der Waals surface area contributed by atoms with Gasteiger partial charge in [-0.25, -0.2) is 0 Å². The van der Waals surface area contributed by atoms with Crippen LogP contribution in [-0.2, 0) is 23.9 Å². The highest BCUT2D eigenvalue weighted by atomic mass is 16.5. The smallest absolute Gasteiger partial charge is 0.311 e. The van der Waals surface area contributed by atoms with Crippen LogP contribution in [0.2, 0.25) is 0 Å². The van der Waals surface area contributed by atoms with E-state index in [1.807, 2.05) is 33.8 Å². The Morgan fingerprint density at radius 1 is 1.03 bits per heavy atom. The molecule has 4 fully saturated rings. The van der Waals surface area contributed by atoms with E-state index in [1.165, 1.54) is 7.11 Å². The zero-order valence-corrected chi connectivity index (χ0v) is 23.8. The van der Waals surface area contributed by atoms with Crippen molar-refractivity contribution < 1.29 is 23.9 Å². The van der Waals surface area contributed by atoms with Crippen LogP contribution in [0.5, 0.6) is 0 Å². The van der Waals surface area contributed by atoms with E-state index in [0.717, 1.165) is 43.3 Å². The third kappa shape index (κ3) is 3.82. The van der Waals surface area contributed by atoms with Crippen molar-refractivity contribution in [2.24, 2.45) is 45.3 Å². The fourth-order valence-electron chi connectivity index (χ4n) is 9.82. The Morgan fingerprint density at radius 2 is 1.67 bits per heavy atom. The molecule has 8 unspecified atom stereocenters. The molecule has 1 aliphatic heterocycles. The van der Waals surface area contributed by atoms with Crippen molar-refractivity contribution in [2.75, 3.05) is 7.11 Å². The summed E-state index contributed by atoms with van der Waals surface area (Å²) in [5, 5.41) is 0. The first-order chi connectivity index (χ1) is 16.6. The Morgan fingerprint density at radius 3 is 2.28 bits per heavy atom. The first-order valence-electron chi connectivity index (χ1n) is 13.8. The predicted octanol–water partition coefficient (Wildman–Crippen LogP) is 6.46. The minimum Gasteiger partial charge on any atom is -0.469 e. The monoisotopic (exact) mass is 498 g/mol. The number of ketones is 1. The van der Waals surface area contributed by atoms with E-state index in [4.69, 9.17) is 9.47 Å². The standard InChI is InChI=1S/C31H46O5/c1-18(2)14-20(32)15-19(3)21-10-12-30(7)22(21)16-23-26-29(6,17-25(33)36-23)24(11-13-31(26,30)8)28(4,5)27(34)35-9/h14-15,21-24,26H,10-13,16-17H2,1-9H3. The van der Waals surface area contributed by atoms with Crippen molar-refractivity contribution in [2.45, 2.75) is 100 Å². The largest absolute Gasteiger partial charge is 0.469 e. The zero-order chi connectivity index (χ0) is 26.8. The van der Waals surface area contributed by atoms with E-state index in [9.17, 15) is 14.4 Å². The highest BCUT2D eigenvalue weighted by Gasteiger charge is 2.72. The molecule has 36 heavy (non-hydrogen) atoms. The van der Waals surface area contributed by atoms with Crippen LogP contribution in [0.15, 0.2) is 23.3 Å². The van der Waals surface area contributed by atoms with Gasteiger partial charge < -0.3 is 9.47 Å². The van der Waals surface area contributed by atoms with Gasteiger partial charge in [-0.05, 0) is 113 Å². The van der Waals surface area contributed by atoms with Gasteiger partial charge in [-0.15, -0.1) is 0 Å². The summed E-state index contributed by atoms with van der Waals surface area (Å²) >= 11 is 0. The SMILES string of the molecule is COC(=O)C(C)(C)C1CCC2(C)C3C(CC4C(C(C)=CC(=O)C=C(C)C)CCC42C)OC(=O)CC13C. The van der Waals surface area contributed by atoms with Gasteiger partial charge in [0.1, 0.15) is 6.10 Å². The molecule has 0 aromatic heterocycles. The maximum Gasteiger partial charge on any atom is 0.311 e. The normalized spacial score (nSPS) is 42.1. The first kappa shape index (κ1) is 27.1. The van der Waals surface area contributed by atoms with Crippen LogP contribution < -0.4 is 0 Å². The van der Waals surface area contributed by atoms with Crippen molar-refractivity contribution in [1.82, 2.24) is 0 Å². The average Bonchev–Trinajstić information content (AvgIpc) is 3.09. The van der Waals surface area contributed by atoms with Crippen molar-refractivity contribution >= 4 is 17.7 Å². The second-order valence-electron chi connectivity index (χ2n) is 13.8. The van der Waals surface area contributed by atoms with E-state index in [2.05, 4.69) is 27.7 Å². The molecule has 5 heteroatoms. The molecule has 0 radical (unpaired) electrons. The third-order valence-corrected chi connectivity index (χ3v) is 11.4. The van der Waals surface area contributed by atoms with Gasteiger partial charge >= 0.3 is 11.9 Å². The lowest BCUT2D eigenvalue weighted by Gasteiger charge is -2.70. The van der Waals surface area contributed by atoms with E-state index in [-0.39, 0.29) is 51.9 Å². The van der Waals surface area contributed by atoms with Gasteiger partial charge in [0.05, 0.1) is 18.9 Å². The summed E-state index contributed by atoms with van der Waals surface area (Å²) in [5.41, 5.74) is 1.22. The van der Waals surface area contributed by atoms with Gasteiger partial charge in [-0.1, -0.05) is 31.9 Å². The maximum atomic E-state index is 13.1. The van der Waals surface area contributed by atoms with Crippen LogP contribution in [0, 0.1) is 45.3 Å². The molecule has 3 aliphatic carbocycles. The summed E-state index contributed by atoms with van der Waals surface area (Å²) in [6, 6.07) is 0. The molecule has 4 rings (SSSR count). The molecule has 0 amide bonds. The van der Waals surface area contributed by atoms with Gasteiger partial charge in [0.15, 0.2) is 5.78 Å². The molecule has 4 aliphatic rings. The molecule has 0 aromatic carbocycles.